The van der Waals surface area contributed by atoms with Crippen molar-refractivity contribution in [3.8, 4) is 0 Å². The normalized spacial score (nSPS) is 12.4. The molecule has 100 valence electrons. The average molecular weight is 251 g/mol. The van der Waals surface area contributed by atoms with Gasteiger partial charge in [-0.1, -0.05) is 13.8 Å². The molecule has 0 spiro atoms. The number of carbonyl (C=O) groups excluding carboxylic acids is 1. The van der Waals surface area contributed by atoms with Gasteiger partial charge in [0.05, 0.1) is 24.4 Å². The van der Waals surface area contributed by atoms with Crippen LogP contribution in [0, 0.1) is 5.92 Å². The summed E-state index contributed by atoms with van der Waals surface area (Å²) in [7, 11) is 0. The standard InChI is InChI=1S/C13H21N3O2/c1-9(2)5-12(17)8-16-13(18)6-11-4-3-10(14)7-15-11/h3-4,7,9,12,17H,5-6,8,14H2,1-2H3,(H,16,18). The molecule has 0 bridgehead atoms. The third-order valence-electron chi connectivity index (χ3n) is 2.47. The van der Waals surface area contributed by atoms with E-state index in [0.29, 0.717) is 23.7 Å². The lowest BCUT2D eigenvalue weighted by atomic mass is 10.1. The number of hydrogen-bond donors (Lipinski definition) is 3. The number of anilines is 1. The maximum absolute atomic E-state index is 11.6. The topological polar surface area (TPSA) is 88.2 Å². The van der Waals surface area contributed by atoms with Crippen LogP contribution in [0.3, 0.4) is 0 Å². The van der Waals surface area contributed by atoms with Gasteiger partial charge in [-0.25, -0.2) is 0 Å². The first-order valence-corrected chi connectivity index (χ1v) is 6.12. The Balaban J connectivity index is 2.31. The second-order valence-corrected chi connectivity index (χ2v) is 4.85. The van der Waals surface area contributed by atoms with Crippen LogP contribution < -0.4 is 11.1 Å². The second-order valence-electron chi connectivity index (χ2n) is 4.85. The molecule has 0 saturated heterocycles. The molecule has 1 atom stereocenters. The highest BCUT2D eigenvalue weighted by atomic mass is 16.3. The van der Waals surface area contributed by atoms with E-state index in [4.69, 9.17) is 5.73 Å². The van der Waals surface area contributed by atoms with Crippen LogP contribution in [0.25, 0.3) is 0 Å². The highest BCUT2D eigenvalue weighted by Gasteiger charge is 2.09. The molecule has 0 aliphatic heterocycles. The number of nitrogen functional groups attached to an aromatic ring is 1. The zero-order chi connectivity index (χ0) is 13.5. The molecule has 0 aliphatic rings. The van der Waals surface area contributed by atoms with E-state index in [2.05, 4.69) is 10.3 Å². The molecule has 0 aliphatic carbocycles. The largest absolute Gasteiger partial charge is 0.397 e. The Labute approximate surface area is 107 Å². The van der Waals surface area contributed by atoms with E-state index in [1.165, 1.54) is 6.20 Å². The summed E-state index contributed by atoms with van der Waals surface area (Å²) < 4.78 is 0. The number of rotatable bonds is 6. The molecule has 1 amide bonds. The van der Waals surface area contributed by atoms with Crippen LogP contribution in [0.5, 0.6) is 0 Å². The Morgan fingerprint density at radius 2 is 2.22 bits per heavy atom. The first-order chi connectivity index (χ1) is 8.47. The smallest absolute Gasteiger partial charge is 0.226 e. The number of aliphatic hydroxyl groups excluding tert-OH is 1. The summed E-state index contributed by atoms with van der Waals surface area (Å²) in [5, 5.41) is 12.3. The number of carbonyl (C=O) groups is 1. The molecule has 4 N–H and O–H groups in total. The van der Waals surface area contributed by atoms with Crippen LogP contribution in [-0.4, -0.2) is 28.6 Å². The van der Waals surface area contributed by atoms with Crippen molar-refractivity contribution >= 4 is 11.6 Å². The molecular formula is C13H21N3O2. The van der Waals surface area contributed by atoms with Gasteiger partial charge in [-0.3, -0.25) is 9.78 Å². The molecule has 18 heavy (non-hydrogen) atoms. The lowest BCUT2D eigenvalue weighted by Crippen LogP contribution is -2.33. The molecular weight excluding hydrogens is 230 g/mol. The highest BCUT2D eigenvalue weighted by Crippen LogP contribution is 2.04. The number of hydrogen-bond acceptors (Lipinski definition) is 4. The van der Waals surface area contributed by atoms with E-state index in [1.54, 1.807) is 12.1 Å². The van der Waals surface area contributed by atoms with E-state index < -0.39 is 6.10 Å². The van der Waals surface area contributed by atoms with Crippen LogP contribution in [0.2, 0.25) is 0 Å². The molecule has 0 saturated carbocycles. The van der Waals surface area contributed by atoms with Crippen molar-refractivity contribution in [2.24, 2.45) is 5.92 Å². The lowest BCUT2D eigenvalue weighted by molar-refractivity contribution is -0.121. The van der Waals surface area contributed by atoms with Gasteiger partial charge in [-0.2, -0.15) is 0 Å². The summed E-state index contributed by atoms with van der Waals surface area (Å²) in [5.41, 5.74) is 6.75. The van der Waals surface area contributed by atoms with Gasteiger partial charge in [0.2, 0.25) is 5.91 Å². The predicted octanol–water partition coefficient (Wildman–Crippen LogP) is 0.729. The number of aromatic nitrogens is 1. The van der Waals surface area contributed by atoms with Gasteiger partial charge in [0, 0.05) is 12.2 Å². The average Bonchev–Trinajstić information content (AvgIpc) is 2.29. The fourth-order valence-electron chi connectivity index (χ4n) is 1.63. The van der Waals surface area contributed by atoms with Gasteiger partial charge in [-0.15, -0.1) is 0 Å². The van der Waals surface area contributed by atoms with Crippen LogP contribution in [0.15, 0.2) is 18.3 Å². The maximum atomic E-state index is 11.6. The highest BCUT2D eigenvalue weighted by molar-refractivity contribution is 5.78. The van der Waals surface area contributed by atoms with Gasteiger partial charge < -0.3 is 16.2 Å². The molecule has 5 heteroatoms. The van der Waals surface area contributed by atoms with E-state index >= 15 is 0 Å². The minimum Gasteiger partial charge on any atom is -0.397 e. The van der Waals surface area contributed by atoms with Crippen molar-refractivity contribution in [3.05, 3.63) is 24.0 Å². The van der Waals surface area contributed by atoms with Gasteiger partial charge in [-0.05, 0) is 24.5 Å². The van der Waals surface area contributed by atoms with Crippen LogP contribution in [0.1, 0.15) is 26.0 Å². The quantitative estimate of drug-likeness (QED) is 0.695. The summed E-state index contributed by atoms with van der Waals surface area (Å²) >= 11 is 0. The summed E-state index contributed by atoms with van der Waals surface area (Å²) in [5.74, 6) is 0.269. The minimum absolute atomic E-state index is 0.143. The number of nitrogens with one attached hydrogen (secondary N) is 1. The monoisotopic (exact) mass is 251 g/mol. The Kier molecular flexibility index (Phi) is 5.58. The van der Waals surface area contributed by atoms with Crippen molar-refractivity contribution in [2.45, 2.75) is 32.8 Å². The predicted molar refractivity (Wildman–Crippen MR) is 70.8 cm³/mol. The van der Waals surface area contributed by atoms with Crippen molar-refractivity contribution in [3.63, 3.8) is 0 Å². The summed E-state index contributed by atoms with van der Waals surface area (Å²) in [6.07, 6.45) is 1.92. The van der Waals surface area contributed by atoms with Gasteiger partial charge >= 0.3 is 0 Å². The van der Waals surface area contributed by atoms with Crippen LogP contribution >= 0.6 is 0 Å². The zero-order valence-corrected chi connectivity index (χ0v) is 10.9. The Bertz CT molecular complexity index is 376. The fraction of sp³-hybridized carbons (Fsp3) is 0.538. The first-order valence-electron chi connectivity index (χ1n) is 6.12. The Morgan fingerprint density at radius 3 is 2.78 bits per heavy atom. The SMILES string of the molecule is CC(C)CC(O)CNC(=O)Cc1ccc(N)cn1. The van der Waals surface area contributed by atoms with Gasteiger partial charge in [0.15, 0.2) is 0 Å². The number of amides is 1. The maximum Gasteiger partial charge on any atom is 0.226 e. The molecule has 0 fully saturated rings. The molecule has 1 rings (SSSR count). The molecule has 0 aromatic carbocycles. The van der Waals surface area contributed by atoms with E-state index in [9.17, 15) is 9.90 Å². The molecule has 1 heterocycles. The third kappa shape index (κ3) is 5.63. The molecule has 1 aromatic heterocycles. The van der Waals surface area contributed by atoms with Crippen molar-refractivity contribution in [1.29, 1.82) is 0 Å². The fourth-order valence-corrected chi connectivity index (χ4v) is 1.63. The molecule has 0 radical (unpaired) electrons. The summed E-state index contributed by atoms with van der Waals surface area (Å²) in [6.45, 7) is 4.35. The van der Waals surface area contributed by atoms with Crippen molar-refractivity contribution in [1.82, 2.24) is 10.3 Å². The number of nitrogens with two attached hydrogens (primary N) is 1. The van der Waals surface area contributed by atoms with E-state index in [0.717, 1.165) is 0 Å². The minimum atomic E-state index is -0.492. The Hall–Kier alpha value is -1.62. The number of aliphatic hydroxyl groups is 1. The summed E-state index contributed by atoms with van der Waals surface area (Å²) in [6, 6.07) is 3.43. The van der Waals surface area contributed by atoms with E-state index in [1.807, 2.05) is 13.8 Å². The Morgan fingerprint density at radius 1 is 1.50 bits per heavy atom. The van der Waals surface area contributed by atoms with Crippen LogP contribution in [-0.2, 0) is 11.2 Å². The zero-order valence-electron chi connectivity index (χ0n) is 10.9. The van der Waals surface area contributed by atoms with Crippen molar-refractivity contribution in [2.75, 3.05) is 12.3 Å². The molecule has 5 nitrogen and oxygen atoms in total. The third-order valence-corrected chi connectivity index (χ3v) is 2.47. The molecule has 1 unspecified atom stereocenters. The van der Waals surface area contributed by atoms with Crippen molar-refractivity contribution < 1.29 is 9.90 Å². The number of pyridine rings is 1. The first kappa shape index (κ1) is 14.4. The van der Waals surface area contributed by atoms with Crippen LogP contribution in [0.4, 0.5) is 5.69 Å². The molecule has 1 aromatic rings. The van der Waals surface area contributed by atoms with E-state index in [-0.39, 0.29) is 18.9 Å². The van der Waals surface area contributed by atoms with Gasteiger partial charge in [0.25, 0.3) is 0 Å². The second kappa shape index (κ2) is 6.96. The van der Waals surface area contributed by atoms with Gasteiger partial charge in [0.1, 0.15) is 0 Å². The summed E-state index contributed by atoms with van der Waals surface area (Å²) in [4.78, 5) is 15.6. The lowest BCUT2D eigenvalue weighted by Gasteiger charge is -2.13. The number of nitrogens with zero attached hydrogens (tertiary/aromatic N) is 1.